The Kier molecular flexibility index (Phi) is 34.5. The van der Waals surface area contributed by atoms with Gasteiger partial charge in [0.05, 0.1) is 0 Å². The van der Waals surface area contributed by atoms with Gasteiger partial charge in [-0.15, -0.1) is 49.6 Å². The molecular weight excluding hydrogens is 414 g/mol. The van der Waals surface area contributed by atoms with Gasteiger partial charge in [-0.05, 0) is 103 Å². The molecule has 0 radical (unpaired) electrons. The fraction of sp³-hybridized carbons (Fsp3) is 1.00. The lowest BCUT2D eigenvalue weighted by Crippen LogP contribution is -2.41. The lowest BCUT2D eigenvalue weighted by atomic mass is 9.73. The van der Waals surface area contributed by atoms with Gasteiger partial charge < -0.3 is 21.3 Å². The first-order chi connectivity index (χ1) is 10.9. The van der Waals surface area contributed by atoms with Gasteiger partial charge >= 0.3 is 0 Å². The first-order valence-electron chi connectivity index (χ1n) is 9.71. The summed E-state index contributed by atoms with van der Waals surface area (Å²) in [6, 6.07) is 0. The van der Waals surface area contributed by atoms with Crippen LogP contribution in [-0.4, -0.2) is 52.4 Å². The van der Waals surface area contributed by atoms with Gasteiger partial charge in [0.25, 0.3) is 0 Å². The van der Waals surface area contributed by atoms with Gasteiger partial charge in [-0.3, -0.25) is 0 Å². The predicted molar refractivity (Wildman–Crippen MR) is 127 cm³/mol. The molecule has 4 N–H and O–H groups in total. The van der Waals surface area contributed by atoms with Crippen LogP contribution in [0.1, 0.15) is 52.4 Å². The average molecular weight is 458 g/mol. The second kappa shape index (κ2) is 26.0. The van der Waals surface area contributed by atoms with Crippen LogP contribution >= 0.6 is 49.6 Å². The van der Waals surface area contributed by atoms with Gasteiger partial charge in [0.2, 0.25) is 0 Å². The Morgan fingerprint density at radius 3 is 1.12 bits per heavy atom. The molecule has 1 rings (SSSR count). The molecular formula is C18H44Cl4N4. The van der Waals surface area contributed by atoms with Gasteiger partial charge in [0.1, 0.15) is 0 Å². The largest absolute Gasteiger partial charge is 0.317 e. The van der Waals surface area contributed by atoms with Crippen molar-refractivity contribution in [3.05, 3.63) is 0 Å². The van der Waals surface area contributed by atoms with Gasteiger partial charge in [0, 0.05) is 0 Å². The lowest BCUT2D eigenvalue weighted by molar-refractivity contribution is 0.167. The molecule has 2 atom stereocenters. The first-order valence-corrected chi connectivity index (χ1v) is 9.71. The highest BCUT2D eigenvalue weighted by molar-refractivity contribution is 5.86. The van der Waals surface area contributed by atoms with Crippen LogP contribution in [0.3, 0.4) is 0 Å². The quantitative estimate of drug-likeness (QED) is 0.267. The van der Waals surface area contributed by atoms with E-state index in [1.54, 1.807) is 0 Å². The summed E-state index contributed by atoms with van der Waals surface area (Å²) in [6.45, 7) is 13.7. The van der Waals surface area contributed by atoms with Crippen molar-refractivity contribution in [3.63, 3.8) is 0 Å². The molecule has 0 heterocycles. The van der Waals surface area contributed by atoms with E-state index in [1.807, 2.05) is 0 Å². The molecule has 1 aliphatic rings. The van der Waals surface area contributed by atoms with Crippen LogP contribution in [-0.2, 0) is 0 Å². The maximum Gasteiger partial charge on any atom is -0.00174 e. The third kappa shape index (κ3) is 18.4. The second-order valence-corrected chi connectivity index (χ2v) is 6.63. The highest BCUT2D eigenvalue weighted by Crippen LogP contribution is 2.33. The molecule has 8 heteroatoms. The molecule has 0 aromatic carbocycles. The summed E-state index contributed by atoms with van der Waals surface area (Å²) in [5, 5.41) is 14.1. The minimum absolute atomic E-state index is 0. The van der Waals surface area contributed by atoms with E-state index >= 15 is 0 Å². The van der Waals surface area contributed by atoms with E-state index < -0.39 is 0 Å². The van der Waals surface area contributed by atoms with Crippen LogP contribution in [0.25, 0.3) is 0 Å². The lowest BCUT2D eigenvalue weighted by Gasteiger charge is -2.37. The van der Waals surface area contributed by atoms with Crippen molar-refractivity contribution in [3.8, 4) is 0 Å². The van der Waals surface area contributed by atoms with Crippen molar-refractivity contribution in [1.29, 1.82) is 0 Å². The van der Waals surface area contributed by atoms with Crippen molar-refractivity contribution in [2.24, 2.45) is 11.8 Å². The van der Waals surface area contributed by atoms with E-state index in [-0.39, 0.29) is 49.6 Å². The molecule has 4 nitrogen and oxygen atoms in total. The fourth-order valence-corrected chi connectivity index (χ4v) is 3.10. The van der Waals surface area contributed by atoms with Crippen molar-refractivity contribution in [2.45, 2.75) is 52.4 Å². The molecule has 1 aliphatic carbocycles. The topological polar surface area (TPSA) is 48.1 Å². The number of hydrogen-bond acceptors (Lipinski definition) is 4. The molecule has 164 valence electrons. The molecule has 0 spiro atoms. The Hall–Kier alpha value is 1.00. The molecule has 1 fully saturated rings. The monoisotopic (exact) mass is 456 g/mol. The zero-order valence-corrected chi connectivity index (χ0v) is 20.0. The van der Waals surface area contributed by atoms with Gasteiger partial charge in [0.15, 0.2) is 0 Å². The zero-order valence-electron chi connectivity index (χ0n) is 16.7. The summed E-state index contributed by atoms with van der Waals surface area (Å²) in [4.78, 5) is 0. The summed E-state index contributed by atoms with van der Waals surface area (Å²) >= 11 is 0. The van der Waals surface area contributed by atoms with E-state index in [0.717, 1.165) is 24.9 Å². The standard InChI is InChI=1S/C18H40N4.4ClH/c1-3-19-11-5-7-13-21-15-17-9-10-18(17)16-22-14-8-6-12-20-4-2;;;;/h17-22H,3-16H2,1-2H3;4*1H/t17-,18?;;;;/m0..../s1. The minimum Gasteiger partial charge on any atom is -0.317 e. The van der Waals surface area contributed by atoms with Crippen LogP contribution in [0.4, 0.5) is 0 Å². The Bertz CT molecular complexity index is 227. The van der Waals surface area contributed by atoms with E-state index in [0.29, 0.717) is 0 Å². The first kappa shape index (κ1) is 34.5. The molecule has 0 saturated heterocycles. The number of rotatable bonds is 16. The van der Waals surface area contributed by atoms with Crippen LogP contribution in [0.15, 0.2) is 0 Å². The summed E-state index contributed by atoms with van der Waals surface area (Å²) in [5.74, 6) is 1.84. The SMILES string of the molecule is CCNCCCCNCC1CC[C@H]1CNCCCCNCC.Cl.Cl.Cl.Cl. The number of nitrogens with one attached hydrogen (secondary N) is 4. The molecule has 0 aliphatic heterocycles. The smallest absolute Gasteiger partial charge is 0.00174 e. The highest BCUT2D eigenvalue weighted by atomic mass is 35.5. The highest BCUT2D eigenvalue weighted by Gasteiger charge is 2.29. The summed E-state index contributed by atoms with van der Waals surface area (Å²) in [6.07, 6.45) is 8.05. The minimum atomic E-state index is 0. The van der Waals surface area contributed by atoms with E-state index in [1.165, 1.54) is 77.8 Å². The number of halogens is 4. The molecule has 0 amide bonds. The molecule has 0 aromatic heterocycles. The van der Waals surface area contributed by atoms with Crippen LogP contribution in [0, 0.1) is 11.8 Å². The average Bonchev–Trinajstić information content (AvgIpc) is 2.51. The molecule has 0 aromatic rings. The molecule has 26 heavy (non-hydrogen) atoms. The van der Waals surface area contributed by atoms with Crippen molar-refractivity contribution >= 4 is 49.6 Å². The Morgan fingerprint density at radius 1 is 0.538 bits per heavy atom. The Labute approximate surface area is 187 Å². The normalized spacial score (nSPS) is 17.8. The van der Waals surface area contributed by atoms with Crippen molar-refractivity contribution in [2.75, 3.05) is 52.4 Å². The third-order valence-corrected chi connectivity index (χ3v) is 4.80. The Morgan fingerprint density at radius 2 is 0.846 bits per heavy atom. The molecule has 1 saturated carbocycles. The maximum absolute atomic E-state index is 3.66. The second-order valence-electron chi connectivity index (χ2n) is 6.63. The molecule has 0 bridgehead atoms. The number of unbranched alkanes of at least 4 members (excludes halogenated alkanes) is 2. The van der Waals surface area contributed by atoms with E-state index in [4.69, 9.17) is 0 Å². The van der Waals surface area contributed by atoms with Crippen molar-refractivity contribution in [1.82, 2.24) is 21.3 Å². The van der Waals surface area contributed by atoms with Gasteiger partial charge in [-0.2, -0.15) is 0 Å². The maximum atomic E-state index is 3.66. The van der Waals surface area contributed by atoms with Crippen LogP contribution in [0.2, 0.25) is 0 Å². The molecule has 1 unspecified atom stereocenters. The number of hydrogen-bond donors (Lipinski definition) is 4. The zero-order chi connectivity index (χ0) is 15.9. The van der Waals surface area contributed by atoms with E-state index in [2.05, 4.69) is 35.1 Å². The fourth-order valence-electron chi connectivity index (χ4n) is 3.10. The predicted octanol–water partition coefficient (Wildman–Crippen LogP) is 3.66. The summed E-state index contributed by atoms with van der Waals surface area (Å²) in [7, 11) is 0. The third-order valence-electron chi connectivity index (χ3n) is 4.80. The summed E-state index contributed by atoms with van der Waals surface area (Å²) < 4.78 is 0. The van der Waals surface area contributed by atoms with Gasteiger partial charge in [-0.25, -0.2) is 0 Å². The van der Waals surface area contributed by atoms with Gasteiger partial charge in [-0.1, -0.05) is 13.8 Å². The van der Waals surface area contributed by atoms with E-state index in [9.17, 15) is 0 Å². The summed E-state index contributed by atoms with van der Waals surface area (Å²) in [5.41, 5.74) is 0. The Balaban J connectivity index is -0.000000605. The van der Waals surface area contributed by atoms with Crippen molar-refractivity contribution < 1.29 is 0 Å². The van der Waals surface area contributed by atoms with Crippen LogP contribution < -0.4 is 21.3 Å². The van der Waals surface area contributed by atoms with Crippen LogP contribution in [0.5, 0.6) is 0 Å².